The topological polar surface area (TPSA) is 80.0 Å². The molecule has 1 aliphatic rings. The highest BCUT2D eigenvalue weighted by Gasteiger charge is 2.19. The molecule has 0 saturated heterocycles. The lowest BCUT2D eigenvalue weighted by Gasteiger charge is -2.11. The molecule has 5 nitrogen and oxygen atoms in total. The summed E-state index contributed by atoms with van der Waals surface area (Å²) in [5.74, 6) is 0.0222. The van der Waals surface area contributed by atoms with Crippen molar-refractivity contribution in [1.82, 2.24) is 4.98 Å². The number of benzene rings is 1. The van der Waals surface area contributed by atoms with Crippen molar-refractivity contribution < 1.29 is 4.79 Å². The van der Waals surface area contributed by atoms with Gasteiger partial charge in [-0.3, -0.25) is 4.79 Å². The van der Waals surface area contributed by atoms with E-state index in [-0.39, 0.29) is 5.91 Å². The molecule has 0 radical (unpaired) electrons. The molecule has 0 atom stereocenters. The van der Waals surface area contributed by atoms with E-state index in [1.54, 1.807) is 11.3 Å². The maximum Gasteiger partial charge on any atom is 0.228 e. The molecule has 0 saturated carbocycles. The third-order valence-electron chi connectivity index (χ3n) is 3.08. The van der Waals surface area contributed by atoms with Gasteiger partial charge in [0, 0.05) is 24.0 Å². The van der Waals surface area contributed by atoms with E-state index < -0.39 is 0 Å². The number of nitrogen functional groups attached to an aromatic ring is 1. The van der Waals surface area contributed by atoms with Gasteiger partial charge >= 0.3 is 0 Å². The largest absolute Gasteiger partial charge is 0.397 e. The molecule has 1 aromatic carbocycles. The minimum atomic E-state index is 0.0222. The van der Waals surface area contributed by atoms with Crippen molar-refractivity contribution in [2.24, 2.45) is 0 Å². The molecule has 0 unspecified atom stereocenters. The Morgan fingerprint density at radius 1 is 1.47 bits per heavy atom. The summed E-state index contributed by atoms with van der Waals surface area (Å²) in [4.78, 5) is 15.5. The van der Waals surface area contributed by atoms with Gasteiger partial charge in [-0.15, -0.1) is 11.3 Å². The fourth-order valence-corrected chi connectivity index (χ4v) is 2.73. The molecular weight excluding hydrogens is 260 g/mol. The molecule has 1 aromatic heterocycles. The number of carbonyl (C=O) groups excluding carboxylic acids is 1. The van der Waals surface area contributed by atoms with Crippen molar-refractivity contribution >= 4 is 34.3 Å². The molecule has 1 amide bonds. The Morgan fingerprint density at radius 2 is 2.37 bits per heavy atom. The molecule has 0 bridgehead atoms. The molecule has 1 aliphatic heterocycles. The zero-order valence-corrected chi connectivity index (χ0v) is 11.1. The van der Waals surface area contributed by atoms with Crippen molar-refractivity contribution in [1.29, 1.82) is 0 Å². The molecule has 0 spiro atoms. The molecule has 98 valence electrons. The zero-order valence-electron chi connectivity index (χ0n) is 10.3. The molecule has 2 heterocycles. The number of thiazole rings is 1. The normalized spacial score (nSPS) is 13.2. The molecule has 0 aliphatic carbocycles. The Labute approximate surface area is 114 Å². The van der Waals surface area contributed by atoms with Crippen LogP contribution in [0.3, 0.4) is 0 Å². The van der Waals surface area contributed by atoms with Crippen LogP contribution in [0.15, 0.2) is 23.0 Å². The molecular formula is C13H14N4OS. The van der Waals surface area contributed by atoms with Crippen LogP contribution in [0.5, 0.6) is 0 Å². The summed E-state index contributed by atoms with van der Waals surface area (Å²) in [7, 11) is 0. The van der Waals surface area contributed by atoms with Gasteiger partial charge in [-0.05, 0) is 17.7 Å². The molecule has 3 rings (SSSR count). The van der Waals surface area contributed by atoms with Crippen LogP contribution in [-0.4, -0.2) is 17.4 Å². The van der Waals surface area contributed by atoms with E-state index in [1.807, 2.05) is 23.0 Å². The Balaban J connectivity index is 1.68. The van der Waals surface area contributed by atoms with Gasteiger partial charge in [0.05, 0.1) is 29.0 Å². The lowest BCUT2D eigenvalue weighted by atomic mass is 10.1. The predicted octanol–water partition coefficient (Wildman–Crippen LogP) is 1.87. The summed E-state index contributed by atoms with van der Waals surface area (Å²) in [5, 5.41) is 8.14. The number of amides is 1. The summed E-state index contributed by atoms with van der Waals surface area (Å²) >= 11 is 1.59. The Kier molecular flexibility index (Phi) is 3.08. The first kappa shape index (κ1) is 12.0. The number of anilines is 3. The first-order chi connectivity index (χ1) is 9.22. The van der Waals surface area contributed by atoms with Gasteiger partial charge in [0.25, 0.3) is 0 Å². The van der Waals surface area contributed by atoms with Crippen molar-refractivity contribution in [2.75, 3.05) is 22.9 Å². The summed E-state index contributed by atoms with van der Waals surface area (Å²) in [6.45, 7) is 0.765. The van der Waals surface area contributed by atoms with Gasteiger partial charge in [0.2, 0.25) is 5.91 Å². The summed E-state index contributed by atoms with van der Waals surface area (Å²) in [5.41, 5.74) is 12.2. The summed E-state index contributed by atoms with van der Waals surface area (Å²) in [6, 6.07) is 3.76. The van der Waals surface area contributed by atoms with Gasteiger partial charge in [0.1, 0.15) is 0 Å². The van der Waals surface area contributed by atoms with Crippen molar-refractivity contribution in [2.45, 2.75) is 12.8 Å². The lowest BCUT2D eigenvalue weighted by Crippen LogP contribution is -2.07. The third-order valence-corrected chi connectivity index (χ3v) is 3.72. The first-order valence-corrected chi connectivity index (χ1v) is 7.00. The standard InChI is InChI=1S/C13H14N4OS/c14-10-3-8-4-13(18)17-11(8)5-12(10)15-2-1-9-6-19-7-16-9/h3,5-7,15H,1-2,4,14H2,(H,17,18). The number of aromatic nitrogens is 1. The van der Waals surface area contributed by atoms with Crippen LogP contribution in [0.4, 0.5) is 17.1 Å². The Morgan fingerprint density at radius 3 is 3.16 bits per heavy atom. The van der Waals surface area contributed by atoms with Crippen LogP contribution in [0, 0.1) is 0 Å². The summed E-state index contributed by atoms with van der Waals surface area (Å²) < 4.78 is 0. The number of carbonyl (C=O) groups is 1. The van der Waals surface area contributed by atoms with Crippen molar-refractivity contribution in [3.05, 3.63) is 34.3 Å². The Bertz CT molecular complexity index is 609. The SMILES string of the molecule is Nc1cc2c(cc1NCCc1cscn1)NC(=O)C2. The monoisotopic (exact) mass is 274 g/mol. The van der Waals surface area contributed by atoms with Crippen LogP contribution in [0.2, 0.25) is 0 Å². The van der Waals surface area contributed by atoms with E-state index in [0.29, 0.717) is 12.1 Å². The van der Waals surface area contributed by atoms with Crippen LogP contribution in [0.1, 0.15) is 11.3 Å². The zero-order chi connectivity index (χ0) is 13.2. The van der Waals surface area contributed by atoms with Gasteiger partial charge in [-0.1, -0.05) is 0 Å². The van der Waals surface area contributed by atoms with Crippen molar-refractivity contribution in [3.63, 3.8) is 0 Å². The molecule has 0 fully saturated rings. The number of rotatable bonds is 4. The lowest BCUT2D eigenvalue weighted by molar-refractivity contribution is -0.115. The summed E-state index contributed by atoms with van der Waals surface area (Å²) in [6.07, 6.45) is 1.27. The number of fused-ring (bicyclic) bond motifs is 1. The van der Waals surface area contributed by atoms with Gasteiger partial charge in [0.15, 0.2) is 0 Å². The average Bonchev–Trinajstić information content (AvgIpc) is 2.98. The van der Waals surface area contributed by atoms with Gasteiger partial charge < -0.3 is 16.4 Å². The first-order valence-electron chi connectivity index (χ1n) is 6.05. The second-order valence-corrected chi connectivity index (χ2v) is 5.20. The van der Waals surface area contributed by atoms with E-state index in [4.69, 9.17) is 5.73 Å². The number of nitrogens with one attached hydrogen (secondary N) is 2. The van der Waals surface area contributed by atoms with Gasteiger partial charge in [-0.2, -0.15) is 0 Å². The maximum atomic E-state index is 11.3. The van der Waals surface area contributed by atoms with Crippen LogP contribution >= 0.6 is 11.3 Å². The minimum Gasteiger partial charge on any atom is -0.397 e. The van der Waals surface area contributed by atoms with Crippen molar-refractivity contribution in [3.8, 4) is 0 Å². The minimum absolute atomic E-state index is 0.0222. The molecule has 4 N–H and O–H groups in total. The van der Waals surface area contributed by atoms with E-state index in [1.165, 1.54) is 0 Å². The van der Waals surface area contributed by atoms with E-state index in [0.717, 1.165) is 35.6 Å². The molecule has 6 heteroatoms. The number of hydrogen-bond acceptors (Lipinski definition) is 5. The fraction of sp³-hybridized carbons (Fsp3) is 0.231. The maximum absolute atomic E-state index is 11.3. The second kappa shape index (κ2) is 4.89. The fourth-order valence-electron chi connectivity index (χ4n) is 2.13. The second-order valence-electron chi connectivity index (χ2n) is 4.48. The molecule has 2 aromatic rings. The van der Waals surface area contributed by atoms with E-state index in [9.17, 15) is 4.79 Å². The number of hydrogen-bond donors (Lipinski definition) is 3. The number of nitrogens with two attached hydrogens (primary N) is 1. The highest BCUT2D eigenvalue weighted by molar-refractivity contribution is 7.07. The third kappa shape index (κ3) is 2.53. The smallest absolute Gasteiger partial charge is 0.228 e. The highest BCUT2D eigenvalue weighted by Crippen LogP contribution is 2.31. The van der Waals surface area contributed by atoms with E-state index >= 15 is 0 Å². The highest BCUT2D eigenvalue weighted by atomic mass is 32.1. The van der Waals surface area contributed by atoms with Crippen LogP contribution in [0.25, 0.3) is 0 Å². The van der Waals surface area contributed by atoms with E-state index in [2.05, 4.69) is 15.6 Å². The predicted molar refractivity (Wildman–Crippen MR) is 77.5 cm³/mol. The Hall–Kier alpha value is -2.08. The van der Waals surface area contributed by atoms with Crippen LogP contribution < -0.4 is 16.4 Å². The van der Waals surface area contributed by atoms with Crippen LogP contribution in [-0.2, 0) is 17.6 Å². The average molecular weight is 274 g/mol. The number of nitrogens with zero attached hydrogens (tertiary/aromatic N) is 1. The quantitative estimate of drug-likeness (QED) is 0.744. The molecule has 19 heavy (non-hydrogen) atoms. The van der Waals surface area contributed by atoms with Gasteiger partial charge in [-0.25, -0.2) is 4.98 Å².